The number of piperidine rings is 1. The fraction of sp³-hybridized carbons (Fsp3) is 0.378. The molecule has 1 unspecified atom stereocenters. The van der Waals surface area contributed by atoms with Gasteiger partial charge in [0.05, 0.1) is 24.6 Å². The minimum Gasteiger partial charge on any atom is -0.444 e. The van der Waals surface area contributed by atoms with Gasteiger partial charge in [-0.15, -0.1) is 0 Å². The maximum Gasteiger partial charge on any atom is 0.410 e. The number of nitrogens with zero attached hydrogens (tertiary/aromatic N) is 1. The van der Waals surface area contributed by atoms with Gasteiger partial charge in [0.25, 0.3) is 0 Å². The number of ether oxygens (including phenoxy) is 1. The molecule has 1 atom stereocenters. The Hall–Kier alpha value is -4.24. The van der Waals surface area contributed by atoms with Crippen LogP contribution in [-0.4, -0.2) is 54.7 Å². The number of hydrogen-bond donors (Lipinski definition) is 2. The van der Waals surface area contributed by atoms with E-state index in [4.69, 9.17) is 13.8 Å². The average Bonchev–Trinajstić information content (AvgIpc) is 3.04. The highest BCUT2D eigenvalue weighted by atomic mass is 31.2. The first kappa shape index (κ1) is 35.1. The van der Waals surface area contributed by atoms with Crippen molar-refractivity contribution in [1.82, 2.24) is 4.90 Å². The number of carbonyl (C=O) groups excluding carboxylic acids is 3. The Morgan fingerprint density at radius 1 is 0.812 bits per heavy atom. The molecule has 0 saturated carbocycles. The van der Waals surface area contributed by atoms with Crippen LogP contribution in [0.5, 0.6) is 0 Å². The Morgan fingerprint density at radius 3 is 1.94 bits per heavy atom. The van der Waals surface area contributed by atoms with Crippen molar-refractivity contribution >= 4 is 58.4 Å². The third kappa shape index (κ3) is 8.06. The molecule has 10 nitrogen and oxygen atoms in total. The number of anilines is 2. The zero-order chi connectivity index (χ0) is 34.5. The minimum absolute atomic E-state index is 0.0792. The lowest BCUT2D eigenvalue weighted by Crippen LogP contribution is -2.43. The van der Waals surface area contributed by atoms with Crippen molar-refractivity contribution in [3.05, 3.63) is 84.4 Å². The first-order valence-electron chi connectivity index (χ1n) is 16.4. The van der Waals surface area contributed by atoms with Gasteiger partial charge in [-0.1, -0.05) is 66.7 Å². The van der Waals surface area contributed by atoms with E-state index < -0.39 is 30.9 Å². The van der Waals surface area contributed by atoms with E-state index in [9.17, 15) is 18.9 Å². The van der Waals surface area contributed by atoms with Crippen molar-refractivity contribution in [1.29, 1.82) is 0 Å². The fourth-order valence-electron chi connectivity index (χ4n) is 6.02. The highest BCUT2D eigenvalue weighted by Crippen LogP contribution is 2.62. The molecule has 254 valence electrons. The predicted octanol–water partition coefficient (Wildman–Crippen LogP) is 8.52. The van der Waals surface area contributed by atoms with Crippen LogP contribution >= 0.6 is 7.60 Å². The standard InChI is InChI=1S/C37H44N3O7P/c1-6-45-48(44,46-7-2)33(30-18-12-16-25-13-10-11-17-29(25)30)35(42)39-32-24-28-15-9-8-14-27(28)23-31(32)38-34(41)26-19-21-40(22-20-26)36(43)47-37(3,4)5/h8-18,23-24,26,33H,6-7,19-22H2,1-5H3,(H,38,41)(H,39,42). The molecule has 3 amide bonds. The largest absolute Gasteiger partial charge is 0.444 e. The molecule has 1 saturated heterocycles. The number of rotatable bonds is 10. The predicted molar refractivity (Wildman–Crippen MR) is 189 cm³/mol. The highest BCUT2D eigenvalue weighted by Gasteiger charge is 2.43. The Balaban J connectivity index is 1.46. The highest BCUT2D eigenvalue weighted by molar-refractivity contribution is 7.55. The molecule has 0 bridgehead atoms. The lowest BCUT2D eigenvalue weighted by atomic mass is 9.96. The molecule has 1 aliphatic heterocycles. The van der Waals surface area contributed by atoms with Gasteiger partial charge in [0.15, 0.2) is 5.66 Å². The minimum atomic E-state index is -4.03. The first-order chi connectivity index (χ1) is 22.9. The van der Waals surface area contributed by atoms with E-state index in [0.717, 1.165) is 21.5 Å². The lowest BCUT2D eigenvalue weighted by molar-refractivity contribution is -0.121. The number of amides is 3. The Kier molecular flexibility index (Phi) is 10.9. The zero-order valence-electron chi connectivity index (χ0n) is 28.2. The van der Waals surface area contributed by atoms with Crippen molar-refractivity contribution < 1.29 is 32.7 Å². The summed E-state index contributed by atoms with van der Waals surface area (Å²) in [5.74, 6) is -1.16. The first-order valence-corrected chi connectivity index (χ1v) is 18.0. The smallest absolute Gasteiger partial charge is 0.410 e. The normalized spacial score (nSPS) is 14.9. The van der Waals surface area contributed by atoms with E-state index in [1.54, 1.807) is 30.9 Å². The third-order valence-corrected chi connectivity index (χ3v) is 10.6. The Morgan fingerprint density at radius 2 is 1.35 bits per heavy atom. The van der Waals surface area contributed by atoms with Crippen LogP contribution in [-0.2, 0) is 27.9 Å². The van der Waals surface area contributed by atoms with E-state index in [1.807, 2.05) is 87.5 Å². The molecular weight excluding hydrogens is 629 g/mol. The van der Waals surface area contributed by atoms with Crippen LogP contribution in [0.1, 0.15) is 58.7 Å². The molecule has 1 heterocycles. The lowest BCUT2D eigenvalue weighted by Gasteiger charge is -2.33. The Labute approximate surface area is 281 Å². The van der Waals surface area contributed by atoms with Crippen LogP contribution in [0, 0.1) is 5.92 Å². The molecule has 1 aliphatic rings. The van der Waals surface area contributed by atoms with E-state index in [2.05, 4.69) is 10.6 Å². The summed E-state index contributed by atoms with van der Waals surface area (Å²) in [4.78, 5) is 42.2. The summed E-state index contributed by atoms with van der Waals surface area (Å²) < 4.78 is 31.4. The molecule has 2 N–H and O–H groups in total. The Bertz CT molecular complexity index is 1830. The fourth-order valence-corrected chi connectivity index (χ4v) is 8.03. The molecule has 0 aromatic heterocycles. The maximum atomic E-state index is 14.4. The van der Waals surface area contributed by atoms with Crippen molar-refractivity contribution in [3.63, 3.8) is 0 Å². The zero-order valence-corrected chi connectivity index (χ0v) is 29.0. The third-order valence-electron chi connectivity index (χ3n) is 8.22. The van der Waals surface area contributed by atoms with Crippen LogP contribution in [0.25, 0.3) is 21.5 Å². The van der Waals surface area contributed by atoms with E-state index in [0.29, 0.717) is 42.9 Å². The number of benzene rings is 4. The van der Waals surface area contributed by atoms with Gasteiger partial charge in [0, 0.05) is 19.0 Å². The summed E-state index contributed by atoms with van der Waals surface area (Å²) in [7, 11) is -4.03. The second-order valence-electron chi connectivity index (χ2n) is 12.8. The van der Waals surface area contributed by atoms with Gasteiger partial charge < -0.3 is 29.3 Å². The van der Waals surface area contributed by atoms with Crippen LogP contribution in [0.2, 0.25) is 0 Å². The number of fused-ring (bicyclic) bond motifs is 2. The van der Waals surface area contributed by atoms with Crippen LogP contribution in [0.15, 0.2) is 78.9 Å². The van der Waals surface area contributed by atoms with Crippen molar-refractivity contribution in [2.75, 3.05) is 36.9 Å². The van der Waals surface area contributed by atoms with Gasteiger partial charge in [-0.3, -0.25) is 14.2 Å². The number of hydrogen-bond acceptors (Lipinski definition) is 7. The summed E-state index contributed by atoms with van der Waals surface area (Å²) in [5, 5.41) is 9.36. The number of likely N-dealkylation sites (tertiary alicyclic amines) is 1. The van der Waals surface area contributed by atoms with Crippen molar-refractivity contribution in [2.24, 2.45) is 5.92 Å². The second kappa shape index (κ2) is 14.9. The summed E-state index contributed by atoms with van der Waals surface area (Å²) in [6, 6.07) is 24.3. The quantitative estimate of drug-likeness (QED) is 0.162. The second-order valence-corrected chi connectivity index (χ2v) is 14.9. The van der Waals surface area contributed by atoms with Crippen molar-refractivity contribution in [2.45, 2.75) is 58.7 Å². The van der Waals surface area contributed by atoms with Gasteiger partial charge in [-0.25, -0.2) is 4.79 Å². The van der Waals surface area contributed by atoms with Gasteiger partial charge in [-0.05, 0) is 86.7 Å². The van der Waals surface area contributed by atoms with E-state index in [1.165, 1.54) is 0 Å². The van der Waals surface area contributed by atoms with Crippen LogP contribution in [0.3, 0.4) is 0 Å². The molecule has 5 rings (SSSR count). The summed E-state index contributed by atoms with van der Waals surface area (Å²) in [6.45, 7) is 9.82. The summed E-state index contributed by atoms with van der Waals surface area (Å²) in [5.41, 5.74) is -0.632. The average molecular weight is 674 g/mol. The van der Waals surface area contributed by atoms with E-state index >= 15 is 0 Å². The molecule has 0 radical (unpaired) electrons. The molecule has 4 aromatic carbocycles. The van der Waals surface area contributed by atoms with Gasteiger partial charge in [-0.2, -0.15) is 0 Å². The number of carbonyl (C=O) groups is 3. The van der Waals surface area contributed by atoms with Crippen LogP contribution in [0.4, 0.5) is 16.2 Å². The summed E-state index contributed by atoms with van der Waals surface area (Å²) >= 11 is 0. The molecule has 0 aliphatic carbocycles. The molecular formula is C37H44N3O7P. The SMILES string of the molecule is CCOP(=O)(OCC)C(C(=O)Nc1cc2ccccc2cc1NC(=O)C1CCN(C(=O)OC(C)(C)C)CC1)c1cccc2ccccc12. The van der Waals surface area contributed by atoms with Gasteiger partial charge in [0.2, 0.25) is 11.8 Å². The molecule has 0 spiro atoms. The van der Waals surface area contributed by atoms with Gasteiger partial charge in [0.1, 0.15) is 5.60 Å². The van der Waals surface area contributed by atoms with Gasteiger partial charge >= 0.3 is 13.7 Å². The van der Waals surface area contributed by atoms with Crippen LogP contribution < -0.4 is 10.6 Å². The topological polar surface area (TPSA) is 123 Å². The van der Waals surface area contributed by atoms with Crippen molar-refractivity contribution in [3.8, 4) is 0 Å². The monoisotopic (exact) mass is 673 g/mol. The van der Waals surface area contributed by atoms with E-state index in [-0.39, 0.29) is 25.0 Å². The molecule has 1 fully saturated rings. The maximum absolute atomic E-state index is 14.4. The molecule has 11 heteroatoms. The number of nitrogens with one attached hydrogen (secondary N) is 2. The summed E-state index contributed by atoms with van der Waals surface area (Å²) in [6.07, 6.45) is 0.545. The molecule has 48 heavy (non-hydrogen) atoms. The molecule has 4 aromatic rings.